The normalized spacial score (nSPS) is 22.8. The van der Waals surface area contributed by atoms with Gasteiger partial charge in [-0.05, 0) is 47.5 Å². The Labute approximate surface area is 215 Å². The van der Waals surface area contributed by atoms with Crippen LogP contribution >= 0.6 is 23.2 Å². The van der Waals surface area contributed by atoms with E-state index in [1.807, 2.05) is 0 Å². The van der Waals surface area contributed by atoms with E-state index < -0.39 is 40.8 Å². The van der Waals surface area contributed by atoms with Crippen molar-refractivity contribution in [2.75, 3.05) is 18.5 Å². The first-order valence-corrected chi connectivity index (χ1v) is 11.9. The second-order valence-electron chi connectivity index (χ2n) is 8.67. The molecule has 0 unspecified atom stereocenters. The molecule has 3 aromatic rings. The molecule has 1 fully saturated rings. The van der Waals surface area contributed by atoms with Gasteiger partial charge < -0.3 is 20.5 Å². The molecule has 0 aromatic heterocycles. The highest BCUT2D eigenvalue weighted by molar-refractivity contribution is 6.31. The number of aliphatic hydroxyl groups excluding tert-OH is 1. The van der Waals surface area contributed by atoms with Crippen LogP contribution in [0, 0.1) is 11.6 Å². The highest BCUT2D eigenvalue weighted by Crippen LogP contribution is 2.58. The number of fused-ring (bicyclic) bond motifs is 2. The van der Waals surface area contributed by atoms with Gasteiger partial charge in [0.2, 0.25) is 11.8 Å². The van der Waals surface area contributed by atoms with Gasteiger partial charge in [0.1, 0.15) is 17.8 Å². The molecule has 3 atom stereocenters. The lowest BCUT2D eigenvalue weighted by Gasteiger charge is -2.46. The number of hydrogen-bond donors (Lipinski definition) is 3. The number of anilines is 1. The monoisotopic (exact) mass is 532 g/mol. The van der Waals surface area contributed by atoms with Gasteiger partial charge in [0, 0.05) is 28.1 Å². The third kappa shape index (κ3) is 3.80. The van der Waals surface area contributed by atoms with Crippen LogP contribution in [0.4, 0.5) is 14.5 Å². The van der Waals surface area contributed by atoms with E-state index in [2.05, 4.69) is 10.6 Å². The summed E-state index contributed by atoms with van der Waals surface area (Å²) in [5.74, 6) is -4.34. The fourth-order valence-electron chi connectivity index (χ4n) is 5.35. The topological polar surface area (TPSA) is 87.7 Å². The summed E-state index contributed by atoms with van der Waals surface area (Å²) in [5, 5.41) is 15.6. The van der Waals surface area contributed by atoms with Gasteiger partial charge in [-0.3, -0.25) is 9.59 Å². The van der Waals surface area contributed by atoms with Crippen molar-refractivity contribution in [1.29, 1.82) is 0 Å². The van der Waals surface area contributed by atoms with E-state index in [9.17, 15) is 19.1 Å². The lowest BCUT2D eigenvalue weighted by Crippen LogP contribution is -2.57. The molecule has 10 heteroatoms. The third-order valence-electron chi connectivity index (χ3n) is 6.73. The van der Waals surface area contributed by atoms with Crippen molar-refractivity contribution < 1.29 is 28.2 Å². The maximum absolute atomic E-state index is 15.6. The van der Waals surface area contributed by atoms with E-state index in [4.69, 9.17) is 27.9 Å². The summed E-state index contributed by atoms with van der Waals surface area (Å²) < 4.78 is 35.7. The number of benzene rings is 3. The Morgan fingerprint density at radius 1 is 1.06 bits per heavy atom. The maximum atomic E-state index is 15.6. The Hall–Kier alpha value is -3.20. The predicted octanol–water partition coefficient (Wildman–Crippen LogP) is 4.88. The van der Waals surface area contributed by atoms with Crippen molar-refractivity contribution >= 4 is 40.7 Å². The number of aliphatic hydroxyl groups is 1. The average Bonchev–Trinajstić information content (AvgIpc) is 3.12. The minimum absolute atomic E-state index is 0.102. The van der Waals surface area contributed by atoms with Gasteiger partial charge in [-0.2, -0.15) is 0 Å². The summed E-state index contributed by atoms with van der Waals surface area (Å²) in [7, 11) is 0. The van der Waals surface area contributed by atoms with Crippen LogP contribution < -0.4 is 15.4 Å². The van der Waals surface area contributed by atoms with Gasteiger partial charge in [0.15, 0.2) is 11.6 Å². The highest BCUT2D eigenvalue weighted by Gasteiger charge is 2.62. The summed E-state index contributed by atoms with van der Waals surface area (Å²) in [4.78, 5) is 27.0. The number of nitrogens with one attached hydrogen (secondary N) is 2. The zero-order valence-corrected chi connectivity index (χ0v) is 20.2. The lowest BCUT2D eigenvalue weighted by atomic mass is 9.59. The zero-order chi connectivity index (χ0) is 25.6. The standard InChI is InChI=1S/C26H20Cl2F2N2O4/c27-14-3-1-2-13(10-14)17-12-21(34)32-24(22-20(36-9-8-33)7-6-18(29)23(22)30)26(17)16-5-4-15(28)11-19(16)31-25(26)35/h1-7,10-11,17,24,33H,8-9,12H2,(H,31,35)(H,32,34)/t17-,24-,26-/m1/s1. The molecule has 36 heavy (non-hydrogen) atoms. The van der Waals surface area contributed by atoms with Crippen LogP contribution in [-0.2, 0) is 15.0 Å². The summed E-state index contributed by atoms with van der Waals surface area (Å²) in [6.45, 7) is -0.588. The summed E-state index contributed by atoms with van der Waals surface area (Å²) >= 11 is 12.4. The number of carbonyl (C=O) groups excluding carboxylic acids is 2. The second-order valence-corrected chi connectivity index (χ2v) is 9.54. The van der Waals surface area contributed by atoms with Gasteiger partial charge in [-0.25, -0.2) is 8.78 Å². The molecular formula is C26H20Cl2F2N2O4. The Kier molecular flexibility index (Phi) is 6.36. The van der Waals surface area contributed by atoms with Crippen molar-refractivity contribution in [3.63, 3.8) is 0 Å². The molecule has 3 aromatic carbocycles. The number of rotatable bonds is 5. The molecule has 6 nitrogen and oxygen atoms in total. The Bertz CT molecular complexity index is 1390. The lowest BCUT2D eigenvalue weighted by molar-refractivity contribution is -0.131. The van der Waals surface area contributed by atoms with Crippen molar-refractivity contribution in [1.82, 2.24) is 5.32 Å². The molecule has 1 spiro atoms. The Balaban J connectivity index is 1.83. The Morgan fingerprint density at radius 3 is 2.58 bits per heavy atom. The molecule has 2 heterocycles. The molecule has 2 amide bonds. The summed E-state index contributed by atoms with van der Waals surface area (Å²) in [6.07, 6.45) is -0.115. The molecule has 0 radical (unpaired) electrons. The molecule has 2 aliphatic rings. The second kappa shape index (κ2) is 9.35. The predicted molar refractivity (Wildman–Crippen MR) is 130 cm³/mol. The number of carbonyl (C=O) groups is 2. The van der Waals surface area contributed by atoms with Gasteiger partial charge in [0.05, 0.1) is 18.2 Å². The van der Waals surface area contributed by atoms with Gasteiger partial charge in [-0.1, -0.05) is 41.4 Å². The molecular weight excluding hydrogens is 513 g/mol. The van der Waals surface area contributed by atoms with Crippen molar-refractivity contribution in [3.05, 3.63) is 93.0 Å². The highest BCUT2D eigenvalue weighted by atomic mass is 35.5. The van der Waals surface area contributed by atoms with Crippen LogP contribution in [-0.4, -0.2) is 30.1 Å². The smallest absolute Gasteiger partial charge is 0.238 e. The number of hydrogen-bond acceptors (Lipinski definition) is 4. The number of amides is 2. The molecule has 0 aliphatic carbocycles. The number of piperidine rings is 1. The molecule has 5 rings (SSSR count). The maximum Gasteiger partial charge on any atom is 0.238 e. The minimum Gasteiger partial charge on any atom is -0.491 e. The fourth-order valence-corrected chi connectivity index (χ4v) is 5.72. The first-order valence-electron chi connectivity index (χ1n) is 11.1. The largest absolute Gasteiger partial charge is 0.491 e. The van der Waals surface area contributed by atoms with Crippen molar-refractivity contribution in [3.8, 4) is 5.75 Å². The van der Waals surface area contributed by atoms with E-state index >= 15 is 4.39 Å². The number of ether oxygens (including phenoxy) is 1. The molecule has 0 saturated carbocycles. The molecule has 186 valence electrons. The molecule has 1 saturated heterocycles. The van der Waals surface area contributed by atoms with Crippen LogP contribution in [0.2, 0.25) is 10.0 Å². The Morgan fingerprint density at radius 2 is 1.83 bits per heavy atom. The molecule has 0 bridgehead atoms. The summed E-state index contributed by atoms with van der Waals surface area (Å²) in [5.41, 5.74) is -0.500. The van der Waals surface area contributed by atoms with Gasteiger partial charge >= 0.3 is 0 Å². The minimum atomic E-state index is -1.61. The van der Waals surface area contributed by atoms with Crippen molar-refractivity contribution in [2.45, 2.75) is 23.8 Å². The van der Waals surface area contributed by atoms with Crippen LogP contribution in [0.1, 0.15) is 35.1 Å². The van der Waals surface area contributed by atoms with E-state index in [0.29, 0.717) is 26.9 Å². The number of halogens is 4. The fraction of sp³-hybridized carbons (Fsp3) is 0.231. The van der Waals surface area contributed by atoms with Crippen LogP contribution in [0.25, 0.3) is 0 Å². The SMILES string of the molecule is O=C1C[C@H](c2cccc(Cl)c2)[C@@]2(C(=O)Nc3cc(Cl)ccc32)[C@@H](c2c(OCCO)ccc(F)c2F)N1. The van der Waals surface area contributed by atoms with Crippen LogP contribution in [0.3, 0.4) is 0 Å². The van der Waals surface area contributed by atoms with Gasteiger partial charge in [-0.15, -0.1) is 0 Å². The first kappa shape index (κ1) is 24.5. The van der Waals surface area contributed by atoms with Crippen LogP contribution in [0.5, 0.6) is 5.75 Å². The zero-order valence-electron chi connectivity index (χ0n) is 18.7. The molecule has 3 N–H and O–H groups in total. The van der Waals surface area contributed by atoms with E-state index in [1.54, 1.807) is 42.5 Å². The molecule has 2 aliphatic heterocycles. The van der Waals surface area contributed by atoms with E-state index in [1.165, 1.54) is 6.07 Å². The third-order valence-corrected chi connectivity index (χ3v) is 7.20. The summed E-state index contributed by atoms with van der Waals surface area (Å²) in [6, 6.07) is 12.3. The van der Waals surface area contributed by atoms with Crippen molar-refractivity contribution in [2.24, 2.45) is 0 Å². The average molecular weight is 533 g/mol. The van der Waals surface area contributed by atoms with Crippen LogP contribution in [0.15, 0.2) is 54.6 Å². The van der Waals surface area contributed by atoms with E-state index in [-0.39, 0.29) is 30.9 Å². The quantitative estimate of drug-likeness (QED) is 0.437. The van der Waals surface area contributed by atoms with E-state index in [0.717, 1.165) is 6.07 Å². The first-order chi connectivity index (χ1) is 17.3. The van der Waals surface area contributed by atoms with Gasteiger partial charge in [0.25, 0.3) is 0 Å².